The molecule has 0 spiro atoms. The van der Waals surface area contributed by atoms with Crippen molar-refractivity contribution in [2.45, 2.75) is 26.2 Å². The van der Waals surface area contributed by atoms with Crippen molar-refractivity contribution in [1.29, 1.82) is 0 Å². The van der Waals surface area contributed by atoms with Crippen LogP contribution >= 0.6 is 0 Å². The Morgan fingerprint density at radius 3 is 1.88 bits per heavy atom. The fraction of sp³-hybridized carbons (Fsp3) is 1.00. The lowest BCUT2D eigenvalue weighted by Crippen LogP contribution is -2.51. The van der Waals surface area contributed by atoms with Crippen LogP contribution in [0.5, 0.6) is 0 Å². The van der Waals surface area contributed by atoms with Crippen molar-refractivity contribution in [3.05, 3.63) is 0 Å². The van der Waals surface area contributed by atoms with Gasteiger partial charge >= 0.3 is 0 Å². The molecule has 17 heavy (non-hydrogen) atoms. The molecule has 0 aliphatic rings. The van der Waals surface area contributed by atoms with Crippen LogP contribution in [0.2, 0.25) is 0 Å². The summed E-state index contributed by atoms with van der Waals surface area (Å²) in [6.07, 6.45) is 3.81. The maximum absolute atomic E-state index is 5.07. The van der Waals surface area contributed by atoms with Crippen LogP contribution in [-0.2, 0) is 4.74 Å². The van der Waals surface area contributed by atoms with E-state index < -0.39 is 0 Å². The van der Waals surface area contributed by atoms with Gasteiger partial charge in [0, 0.05) is 13.7 Å². The molecule has 0 radical (unpaired) electrons. The average Bonchev–Trinajstić information content (AvgIpc) is 2.27. The van der Waals surface area contributed by atoms with E-state index in [1.165, 1.54) is 45.4 Å². The van der Waals surface area contributed by atoms with Crippen LogP contribution in [0.25, 0.3) is 0 Å². The first-order valence-corrected chi connectivity index (χ1v) is 6.96. The average molecular weight is 246 g/mol. The molecular formula is C14H34N2O+2. The predicted octanol–water partition coefficient (Wildman–Crippen LogP) is 1.98. The third kappa shape index (κ3) is 9.57. The van der Waals surface area contributed by atoms with E-state index in [0.717, 1.165) is 15.6 Å². The lowest BCUT2D eigenvalue weighted by molar-refractivity contribution is -0.945. The molecule has 3 heteroatoms. The first-order valence-electron chi connectivity index (χ1n) is 6.96. The maximum atomic E-state index is 5.07. The lowest BCUT2D eigenvalue weighted by atomic mass is 10.2. The predicted molar refractivity (Wildman–Crippen MR) is 75.1 cm³/mol. The molecule has 0 unspecified atom stereocenters. The van der Waals surface area contributed by atoms with Gasteiger partial charge in [-0.2, -0.15) is 0 Å². The van der Waals surface area contributed by atoms with E-state index in [9.17, 15) is 0 Å². The van der Waals surface area contributed by atoms with E-state index in [2.05, 4.69) is 35.1 Å². The molecule has 0 heterocycles. The third-order valence-electron chi connectivity index (χ3n) is 3.78. The summed E-state index contributed by atoms with van der Waals surface area (Å²) in [6.45, 7) is 8.21. The van der Waals surface area contributed by atoms with E-state index in [4.69, 9.17) is 4.74 Å². The van der Waals surface area contributed by atoms with Gasteiger partial charge in [-0.25, -0.2) is 0 Å². The molecule has 0 atom stereocenters. The highest BCUT2D eigenvalue weighted by molar-refractivity contribution is 4.42. The number of unbranched alkanes of at least 4 members (excludes halogenated alkanes) is 2. The van der Waals surface area contributed by atoms with Crippen molar-refractivity contribution in [2.75, 3.05) is 68.1 Å². The van der Waals surface area contributed by atoms with Crippen molar-refractivity contribution in [2.24, 2.45) is 0 Å². The highest BCUT2D eigenvalue weighted by Crippen LogP contribution is 2.06. The molecule has 0 aliphatic heterocycles. The van der Waals surface area contributed by atoms with Gasteiger partial charge in [0.1, 0.15) is 13.1 Å². The maximum Gasteiger partial charge on any atom is 0.128 e. The van der Waals surface area contributed by atoms with Gasteiger partial charge in [0.25, 0.3) is 0 Å². The van der Waals surface area contributed by atoms with Crippen LogP contribution in [0.15, 0.2) is 0 Å². The summed E-state index contributed by atoms with van der Waals surface area (Å²) in [6, 6.07) is 0. The van der Waals surface area contributed by atoms with E-state index >= 15 is 0 Å². The largest absolute Gasteiger partial charge is 0.385 e. The Bertz CT molecular complexity index is 191. The summed E-state index contributed by atoms with van der Waals surface area (Å²) in [4.78, 5) is 0. The number of quaternary nitrogens is 2. The number of hydrogen-bond acceptors (Lipinski definition) is 1. The van der Waals surface area contributed by atoms with Gasteiger partial charge in [-0.3, -0.25) is 0 Å². The number of ether oxygens (including phenoxy) is 1. The molecule has 0 aromatic carbocycles. The summed E-state index contributed by atoms with van der Waals surface area (Å²) in [7, 11) is 11.1. The van der Waals surface area contributed by atoms with Crippen LogP contribution in [0, 0.1) is 0 Å². The summed E-state index contributed by atoms with van der Waals surface area (Å²) in [5.74, 6) is 0. The van der Waals surface area contributed by atoms with Crippen LogP contribution in [0.3, 0.4) is 0 Å². The molecular weight excluding hydrogens is 212 g/mol. The minimum atomic E-state index is 0.910. The fourth-order valence-electron chi connectivity index (χ4n) is 1.77. The number of nitrogens with zero attached hydrogens (tertiary/aromatic N) is 2. The minimum Gasteiger partial charge on any atom is -0.385 e. The highest BCUT2D eigenvalue weighted by atomic mass is 16.5. The van der Waals surface area contributed by atoms with E-state index in [0.29, 0.717) is 0 Å². The van der Waals surface area contributed by atoms with Gasteiger partial charge in [-0.05, 0) is 26.2 Å². The molecule has 0 amide bonds. The van der Waals surface area contributed by atoms with E-state index in [1.807, 2.05) is 0 Å². The van der Waals surface area contributed by atoms with Gasteiger partial charge in [-0.1, -0.05) is 0 Å². The Hall–Kier alpha value is -0.120. The monoisotopic (exact) mass is 246 g/mol. The zero-order valence-electron chi connectivity index (χ0n) is 13.0. The Labute approximate surface area is 109 Å². The molecule has 0 aliphatic carbocycles. The summed E-state index contributed by atoms with van der Waals surface area (Å²) in [5, 5.41) is 0. The zero-order chi connectivity index (χ0) is 13.4. The van der Waals surface area contributed by atoms with Crippen LogP contribution in [0.1, 0.15) is 26.2 Å². The Morgan fingerprint density at radius 2 is 1.35 bits per heavy atom. The Kier molecular flexibility index (Phi) is 8.01. The Balaban J connectivity index is 3.72. The first kappa shape index (κ1) is 16.9. The Morgan fingerprint density at radius 1 is 0.765 bits per heavy atom. The van der Waals surface area contributed by atoms with Crippen molar-refractivity contribution in [3.8, 4) is 0 Å². The van der Waals surface area contributed by atoms with Crippen molar-refractivity contribution >= 4 is 0 Å². The standard InChI is InChI=1S/C14H34N2O/c1-7-15(2,3)12-13-16(4,5)11-9-8-10-14-17-6/h7-14H2,1-6H3/q+2. The van der Waals surface area contributed by atoms with Crippen molar-refractivity contribution in [3.63, 3.8) is 0 Å². The molecule has 0 N–H and O–H groups in total. The summed E-state index contributed by atoms with van der Waals surface area (Å²) < 4.78 is 7.35. The first-order chi connectivity index (χ1) is 7.83. The topological polar surface area (TPSA) is 9.23 Å². The minimum absolute atomic E-state index is 0.910. The highest BCUT2D eigenvalue weighted by Gasteiger charge is 2.20. The third-order valence-corrected chi connectivity index (χ3v) is 3.78. The quantitative estimate of drug-likeness (QED) is 0.423. The second kappa shape index (κ2) is 8.06. The summed E-state index contributed by atoms with van der Waals surface area (Å²) >= 11 is 0. The number of rotatable bonds is 10. The SMILES string of the molecule is CC[N+](C)(C)CC[N+](C)(C)CCCCCOC. The van der Waals surface area contributed by atoms with Gasteiger partial charge < -0.3 is 13.7 Å². The van der Waals surface area contributed by atoms with Crippen LogP contribution < -0.4 is 0 Å². The number of methoxy groups -OCH3 is 1. The molecule has 0 rings (SSSR count). The van der Waals surface area contributed by atoms with Gasteiger partial charge in [0.2, 0.25) is 0 Å². The van der Waals surface area contributed by atoms with Crippen LogP contribution in [0.4, 0.5) is 0 Å². The summed E-state index contributed by atoms with van der Waals surface area (Å²) in [5.41, 5.74) is 0. The molecule has 0 saturated heterocycles. The zero-order valence-corrected chi connectivity index (χ0v) is 13.0. The molecule has 0 fully saturated rings. The van der Waals surface area contributed by atoms with Crippen molar-refractivity contribution < 1.29 is 13.7 Å². The molecule has 0 bridgehead atoms. The molecule has 0 aromatic heterocycles. The van der Waals surface area contributed by atoms with E-state index in [1.54, 1.807) is 7.11 Å². The van der Waals surface area contributed by atoms with E-state index in [-0.39, 0.29) is 0 Å². The lowest BCUT2D eigenvalue weighted by Gasteiger charge is -2.35. The molecule has 0 aromatic rings. The number of hydrogen-bond donors (Lipinski definition) is 0. The van der Waals surface area contributed by atoms with Gasteiger partial charge in [-0.15, -0.1) is 0 Å². The van der Waals surface area contributed by atoms with Gasteiger partial charge in [0.05, 0.1) is 41.3 Å². The molecule has 0 saturated carbocycles. The molecule has 104 valence electrons. The smallest absolute Gasteiger partial charge is 0.128 e. The second-order valence-corrected chi connectivity index (χ2v) is 6.41. The normalized spacial score (nSPS) is 13.1. The molecule has 3 nitrogen and oxygen atoms in total. The van der Waals surface area contributed by atoms with Crippen LogP contribution in [-0.4, -0.2) is 77.1 Å². The second-order valence-electron chi connectivity index (χ2n) is 6.41. The van der Waals surface area contributed by atoms with Gasteiger partial charge in [0.15, 0.2) is 0 Å². The number of likely N-dealkylation sites (N-methyl/N-ethyl adjacent to an activating group) is 2. The fourth-order valence-corrected chi connectivity index (χ4v) is 1.77. The van der Waals surface area contributed by atoms with Crippen molar-refractivity contribution in [1.82, 2.24) is 0 Å².